The number of nitrogens with one attached hydrogen (secondary N) is 1. The number of rotatable bonds is 5. The summed E-state index contributed by atoms with van der Waals surface area (Å²) in [5.74, 6) is 6.38. The van der Waals surface area contributed by atoms with Crippen LogP contribution < -0.4 is 11.3 Å². The number of hydrazine groups is 1. The number of hydrogen-bond donors (Lipinski definition) is 2. The standard InChI is InChI=1S/C14H26N4/c1-6-18-9-10(8-16-18)7-11(17-15)12-13(2,3)14(12,4)5/h8-9,11-12,17H,6-7,15H2,1-5H3. The molecule has 0 amide bonds. The van der Waals surface area contributed by atoms with Gasteiger partial charge in [-0.15, -0.1) is 0 Å². The second kappa shape index (κ2) is 4.35. The van der Waals surface area contributed by atoms with Crippen molar-refractivity contribution in [2.45, 2.75) is 53.6 Å². The van der Waals surface area contributed by atoms with Crippen LogP contribution in [0.4, 0.5) is 0 Å². The third-order valence-corrected chi connectivity index (χ3v) is 5.22. The maximum absolute atomic E-state index is 5.77. The van der Waals surface area contributed by atoms with Gasteiger partial charge in [-0.3, -0.25) is 16.0 Å². The molecule has 1 fully saturated rings. The van der Waals surface area contributed by atoms with E-state index in [-0.39, 0.29) is 0 Å². The van der Waals surface area contributed by atoms with E-state index < -0.39 is 0 Å². The van der Waals surface area contributed by atoms with Crippen LogP contribution in [0.3, 0.4) is 0 Å². The van der Waals surface area contributed by atoms with Gasteiger partial charge in [0.1, 0.15) is 0 Å². The summed E-state index contributed by atoms with van der Waals surface area (Å²) in [6, 6.07) is 0.324. The van der Waals surface area contributed by atoms with Crippen LogP contribution in [0.25, 0.3) is 0 Å². The van der Waals surface area contributed by atoms with Gasteiger partial charge in [0.15, 0.2) is 0 Å². The molecule has 1 atom stereocenters. The predicted molar refractivity (Wildman–Crippen MR) is 73.8 cm³/mol. The van der Waals surface area contributed by atoms with Crippen molar-refractivity contribution in [1.82, 2.24) is 15.2 Å². The molecule has 2 rings (SSSR count). The fraction of sp³-hybridized carbons (Fsp3) is 0.786. The Kier molecular flexibility index (Phi) is 3.28. The van der Waals surface area contributed by atoms with E-state index in [0.717, 1.165) is 13.0 Å². The Hall–Kier alpha value is -0.870. The molecule has 0 aromatic carbocycles. The molecule has 0 aliphatic heterocycles. The molecule has 0 radical (unpaired) electrons. The third kappa shape index (κ3) is 1.97. The molecule has 0 bridgehead atoms. The summed E-state index contributed by atoms with van der Waals surface area (Å²) < 4.78 is 1.96. The van der Waals surface area contributed by atoms with E-state index in [2.05, 4.69) is 51.3 Å². The molecule has 0 spiro atoms. The number of aryl methyl sites for hydroxylation is 1. The van der Waals surface area contributed by atoms with Crippen LogP contribution >= 0.6 is 0 Å². The Bertz CT molecular complexity index is 405. The van der Waals surface area contributed by atoms with Gasteiger partial charge < -0.3 is 0 Å². The van der Waals surface area contributed by atoms with Crippen LogP contribution in [0.15, 0.2) is 12.4 Å². The van der Waals surface area contributed by atoms with E-state index in [1.54, 1.807) is 0 Å². The molecule has 4 nitrogen and oxygen atoms in total. The minimum Gasteiger partial charge on any atom is -0.273 e. The average Bonchev–Trinajstić information content (AvgIpc) is 2.69. The number of nitrogens with zero attached hydrogens (tertiary/aromatic N) is 2. The highest BCUT2D eigenvalue weighted by Crippen LogP contribution is 2.69. The second-order valence-corrected chi connectivity index (χ2v) is 6.60. The maximum atomic E-state index is 5.77. The van der Waals surface area contributed by atoms with Crippen molar-refractivity contribution < 1.29 is 0 Å². The first kappa shape index (κ1) is 13.6. The molecule has 1 saturated carbocycles. The van der Waals surface area contributed by atoms with Crippen molar-refractivity contribution in [3.63, 3.8) is 0 Å². The first-order valence-electron chi connectivity index (χ1n) is 6.82. The van der Waals surface area contributed by atoms with Crippen molar-refractivity contribution in [3.05, 3.63) is 18.0 Å². The zero-order chi connectivity index (χ0) is 13.6. The molecule has 18 heavy (non-hydrogen) atoms. The van der Waals surface area contributed by atoms with Gasteiger partial charge in [0.25, 0.3) is 0 Å². The summed E-state index contributed by atoms with van der Waals surface area (Å²) in [5.41, 5.74) is 4.98. The zero-order valence-electron chi connectivity index (χ0n) is 12.2. The summed E-state index contributed by atoms with van der Waals surface area (Å²) in [7, 11) is 0. The Labute approximate surface area is 110 Å². The maximum Gasteiger partial charge on any atom is 0.0522 e. The number of hydrogen-bond acceptors (Lipinski definition) is 3. The van der Waals surface area contributed by atoms with Crippen molar-refractivity contribution in [3.8, 4) is 0 Å². The minimum atomic E-state index is 0.324. The van der Waals surface area contributed by atoms with Crippen molar-refractivity contribution in [2.75, 3.05) is 0 Å². The second-order valence-electron chi connectivity index (χ2n) is 6.60. The van der Waals surface area contributed by atoms with E-state index in [4.69, 9.17) is 5.84 Å². The lowest BCUT2D eigenvalue weighted by atomic mass is 9.99. The first-order valence-corrected chi connectivity index (χ1v) is 6.82. The van der Waals surface area contributed by atoms with Gasteiger partial charge in [-0.05, 0) is 35.7 Å². The van der Waals surface area contributed by atoms with E-state index in [0.29, 0.717) is 22.8 Å². The summed E-state index contributed by atoms with van der Waals surface area (Å²) in [6.45, 7) is 12.3. The van der Waals surface area contributed by atoms with Crippen molar-refractivity contribution in [1.29, 1.82) is 0 Å². The number of nitrogens with two attached hydrogens (primary N) is 1. The molecule has 1 heterocycles. The summed E-state index contributed by atoms with van der Waals surface area (Å²) in [5, 5.41) is 4.32. The van der Waals surface area contributed by atoms with Gasteiger partial charge in [-0.2, -0.15) is 5.10 Å². The highest BCUT2D eigenvalue weighted by atomic mass is 15.3. The van der Waals surface area contributed by atoms with Crippen molar-refractivity contribution >= 4 is 0 Å². The molecule has 1 aliphatic rings. The van der Waals surface area contributed by atoms with Crippen LogP contribution in [0.5, 0.6) is 0 Å². The summed E-state index contributed by atoms with van der Waals surface area (Å²) in [6.07, 6.45) is 5.02. The van der Waals surface area contributed by atoms with Crippen LogP contribution in [-0.2, 0) is 13.0 Å². The molecule has 1 aromatic heterocycles. The zero-order valence-corrected chi connectivity index (χ0v) is 12.2. The normalized spacial score (nSPS) is 23.0. The van der Waals surface area contributed by atoms with Gasteiger partial charge in [0.2, 0.25) is 0 Å². The Morgan fingerprint density at radius 1 is 1.39 bits per heavy atom. The molecule has 3 N–H and O–H groups in total. The van der Waals surface area contributed by atoms with Crippen molar-refractivity contribution in [2.24, 2.45) is 22.6 Å². The molecule has 0 saturated heterocycles. The highest BCUT2D eigenvalue weighted by Gasteiger charge is 2.66. The Balaban J connectivity index is 2.07. The predicted octanol–water partition coefficient (Wildman–Crippen LogP) is 1.96. The van der Waals surface area contributed by atoms with Gasteiger partial charge in [0, 0.05) is 18.8 Å². The molecular weight excluding hydrogens is 224 g/mol. The quantitative estimate of drug-likeness (QED) is 0.620. The fourth-order valence-electron chi connectivity index (χ4n) is 3.47. The molecular formula is C14H26N4. The van der Waals surface area contributed by atoms with Crippen LogP contribution in [-0.4, -0.2) is 15.8 Å². The molecule has 1 aromatic rings. The summed E-state index contributed by atoms with van der Waals surface area (Å²) >= 11 is 0. The van der Waals surface area contributed by atoms with Crippen LogP contribution in [0, 0.1) is 16.7 Å². The Morgan fingerprint density at radius 2 is 2.00 bits per heavy atom. The summed E-state index contributed by atoms with van der Waals surface area (Å²) in [4.78, 5) is 0. The Morgan fingerprint density at radius 3 is 2.39 bits per heavy atom. The fourth-order valence-corrected chi connectivity index (χ4v) is 3.47. The first-order chi connectivity index (χ1) is 8.34. The lowest BCUT2D eigenvalue weighted by molar-refractivity contribution is 0.402. The van der Waals surface area contributed by atoms with Crippen LogP contribution in [0.2, 0.25) is 0 Å². The lowest BCUT2D eigenvalue weighted by Crippen LogP contribution is -2.40. The van der Waals surface area contributed by atoms with Gasteiger partial charge >= 0.3 is 0 Å². The minimum absolute atomic E-state index is 0.324. The van der Waals surface area contributed by atoms with E-state index in [1.165, 1.54) is 5.56 Å². The SMILES string of the molecule is CCn1cc(CC(NN)C2C(C)(C)C2(C)C)cn1. The average molecular weight is 250 g/mol. The molecule has 1 aliphatic carbocycles. The van der Waals surface area contributed by atoms with Crippen LogP contribution in [0.1, 0.15) is 40.2 Å². The van der Waals surface area contributed by atoms with Gasteiger partial charge in [-0.1, -0.05) is 27.7 Å². The lowest BCUT2D eigenvalue weighted by Gasteiger charge is -2.17. The highest BCUT2D eigenvalue weighted by molar-refractivity contribution is 5.19. The number of aromatic nitrogens is 2. The van der Waals surface area contributed by atoms with E-state index in [9.17, 15) is 0 Å². The molecule has 102 valence electrons. The van der Waals surface area contributed by atoms with E-state index >= 15 is 0 Å². The van der Waals surface area contributed by atoms with E-state index in [1.807, 2.05) is 10.9 Å². The van der Waals surface area contributed by atoms with Gasteiger partial charge in [-0.25, -0.2) is 0 Å². The monoisotopic (exact) mass is 250 g/mol. The largest absolute Gasteiger partial charge is 0.273 e. The third-order valence-electron chi connectivity index (χ3n) is 5.22. The molecule has 1 unspecified atom stereocenters. The van der Waals surface area contributed by atoms with Gasteiger partial charge in [0.05, 0.1) is 6.20 Å². The molecule has 4 heteroatoms. The smallest absolute Gasteiger partial charge is 0.0522 e. The topological polar surface area (TPSA) is 55.9 Å².